The van der Waals surface area contributed by atoms with Crippen molar-refractivity contribution in [3.05, 3.63) is 35.3 Å². The van der Waals surface area contributed by atoms with Gasteiger partial charge in [-0.05, 0) is 38.1 Å². The SMILES string of the molecule is C1CCNC1.FC(F)(F)c1nc(C2CNC2)cc2c1OCc1c(N3CCOCC3)ccnc1N2. The van der Waals surface area contributed by atoms with Gasteiger partial charge < -0.3 is 30.3 Å². The smallest absolute Gasteiger partial charge is 0.437 e. The number of anilines is 3. The lowest BCUT2D eigenvalue weighted by Crippen LogP contribution is -2.40. The van der Waals surface area contributed by atoms with Crippen molar-refractivity contribution in [3.63, 3.8) is 0 Å². The van der Waals surface area contributed by atoms with Gasteiger partial charge in [-0.3, -0.25) is 0 Å². The molecule has 3 N–H and O–H groups in total. The first kappa shape index (κ1) is 23.1. The molecule has 2 aromatic rings. The molecular weight excluding hydrogens is 449 g/mol. The number of pyridine rings is 2. The van der Waals surface area contributed by atoms with Gasteiger partial charge in [0.2, 0.25) is 0 Å². The van der Waals surface area contributed by atoms with Crippen LogP contribution in [-0.2, 0) is 17.5 Å². The van der Waals surface area contributed by atoms with E-state index in [0.29, 0.717) is 50.9 Å². The fraction of sp³-hybridized carbons (Fsp3) is 0.565. The van der Waals surface area contributed by atoms with Gasteiger partial charge in [-0.25, -0.2) is 9.97 Å². The predicted octanol–water partition coefficient (Wildman–Crippen LogP) is 3.02. The number of morpholine rings is 1. The normalized spacial score (nSPS) is 20.0. The lowest BCUT2D eigenvalue weighted by molar-refractivity contribution is -0.142. The topological polar surface area (TPSA) is 83.6 Å². The minimum Gasteiger partial charge on any atom is -0.484 e. The molecule has 0 saturated carbocycles. The highest BCUT2D eigenvalue weighted by molar-refractivity contribution is 5.74. The zero-order valence-electron chi connectivity index (χ0n) is 18.9. The Morgan fingerprint density at radius 1 is 1.06 bits per heavy atom. The van der Waals surface area contributed by atoms with E-state index in [2.05, 4.69) is 30.8 Å². The number of ether oxygens (including phenoxy) is 2. The van der Waals surface area contributed by atoms with Crippen LogP contribution in [0, 0.1) is 0 Å². The number of halogens is 3. The van der Waals surface area contributed by atoms with Crippen LogP contribution in [0.5, 0.6) is 5.75 Å². The number of rotatable bonds is 2. The van der Waals surface area contributed by atoms with E-state index in [1.807, 2.05) is 6.07 Å². The molecule has 184 valence electrons. The summed E-state index contributed by atoms with van der Waals surface area (Å²) in [6.45, 7) is 6.32. The van der Waals surface area contributed by atoms with E-state index < -0.39 is 11.9 Å². The third-order valence-corrected chi connectivity index (χ3v) is 6.41. The molecule has 0 atom stereocenters. The van der Waals surface area contributed by atoms with Crippen molar-refractivity contribution in [2.45, 2.75) is 31.5 Å². The molecule has 2 aromatic heterocycles. The lowest BCUT2D eigenvalue weighted by Gasteiger charge is -2.30. The van der Waals surface area contributed by atoms with E-state index in [1.165, 1.54) is 25.9 Å². The minimum absolute atomic E-state index is 0.0229. The van der Waals surface area contributed by atoms with Crippen molar-refractivity contribution in [1.82, 2.24) is 20.6 Å². The molecule has 6 heterocycles. The van der Waals surface area contributed by atoms with Crippen LogP contribution in [0.1, 0.15) is 35.7 Å². The van der Waals surface area contributed by atoms with Crippen LogP contribution >= 0.6 is 0 Å². The van der Waals surface area contributed by atoms with E-state index in [0.717, 1.165) is 11.3 Å². The average Bonchev–Trinajstić information content (AvgIpc) is 3.32. The standard InChI is InChI=1S/C19H20F3N5O2.C4H9N/c20-19(21,22)17-16-14(7-13(25-17)11-8-23-9-11)26-18-12(10-29-16)15(1-2-24-18)27-3-5-28-6-4-27;1-2-4-5-3-1/h1-2,7,11,23H,3-6,8-10H2,(H,24,26);5H,1-4H2. The van der Waals surface area contributed by atoms with Gasteiger partial charge in [-0.15, -0.1) is 0 Å². The van der Waals surface area contributed by atoms with Gasteiger partial charge in [0.1, 0.15) is 12.4 Å². The summed E-state index contributed by atoms with van der Waals surface area (Å²) in [5, 5.41) is 9.37. The number of fused-ring (bicyclic) bond motifs is 2. The molecule has 0 bridgehead atoms. The Bertz CT molecular complexity index is 997. The zero-order chi connectivity index (χ0) is 23.5. The molecule has 0 unspecified atom stereocenters. The quantitative estimate of drug-likeness (QED) is 0.608. The third-order valence-electron chi connectivity index (χ3n) is 6.41. The highest BCUT2D eigenvalue weighted by Gasteiger charge is 2.40. The summed E-state index contributed by atoms with van der Waals surface area (Å²) in [6, 6.07) is 3.51. The molecule has 0 aromatic carbocycles. The molecule has 11 heteroatoms. The number of hydrogen-bond donors (Lipinski definition) is 3. The van der Waals surface area contributed by atoms with Gasteiger partial charge in [0.25, 0.3) is 0 Å². The van der Waals surface area contributed by atoms with Crippen molar-refractivity contribution >= 4 is 17.2 Å². The van der Waals surface area contributed by atoms with Crippen LogP contribution in [0.15, 0.2) is 18.3 Å². The molecule has 34 heavy (non-hydrogen) atoms. The number of aromatic nitrogens is 2. The summed E-state index contributed by atoms with van der Waals surface area (Å²) >= 11 is 0. The second-order valence-electron chi connectivity index (χ2n) is 8.75. The van der Waals surface area contributed by atoms with Gasteiger partial charge in [-0.1, -0.05) is 0 Å². The van der Waals surface area contributed by atoms with Gasteiger partial charge in [-0.2, -0.15) is 13.2 Å². The van der Waals surface area contributed by atoms with E-state index in [-0.39, 0.29) is 24.0 Å². The van der Waals surface area contributed by atoms with Crippen LogP contribution < -0.4 is 25.6 Å². The Morgan fingerprint density at radius 2 is 1.82 bits per heavy atom. The fourth-order valence-corrected chi connectivity index (χ4v) is 4.42. The maximum Gasteiger partial charge on any atom is 0.437 e. The molecule has 4 aliphatic rings. The molecule has 0 spiro atoms. The Balaban J connectivity index is 0.000000429. The first-order valence-electron chi connectivity index (χ1n) is 11.7. The second-order valence-corrected chi connectivity index (χ2v) is 8.75. The fourth-order valence-electron chi connectivity index (χ4n) is 4.42. The Kier molecular flexibility index (Phi) is 6.75. The molecule has 3 fully saturated rings. The molecule has 4 aliphatic heterocycles. The third kappa shape index (κ3) is 4.91. The van der Waals surface area contributed by atoms with Crippen LogP contribution in [0.25, 0.3) is 0 Å². The van der Waals surface area contributed by atoms with Gasteiger partial charge in [0.05, 0.1) is 24.5 Å². The van der Waals surface area contributed by atoms with Crippen molar-refractivity contribution in [2.24, 2.45) is 0 Å². The van der Waals surface area contributed by atoms with Gasteiger partial charge in [0.15, 0.2) is 11.4 Å². The van der Waals surface area contributed by atoms with E-state index in [4.69, 9.17) is 9.47 Å². The van der Waals surface area contributed by atoms with Gasteiger partial charge >= 0.3 is 6.18 Å². The Hall–Kier alpha value is -2.63. The molecule has 0 aliphatic carbocycles. The number of nitrogens with zero attached hydrogens (tertiary/aromatic N) is 3. The van der Waals surface area contributed by atoms with E-state index in [9.17, 15) is 13.2 Å². The highest BCUT2D eigenvalue weighted by atomic mass is 19.4. The van der Waals surface area contributed by atoms with Crippen LogP contribution in [0.2, 0.25) is 0 Å². The van der Waals surface area contributed by atoms with Crippen molar-refractivity contribution in [2.75, 3.05) is 62.7 Å². The zero-order valence-corrected chi connectivity index (χ0v) is 18.9. The largest absolute Gasteiger partial charge is 0.484 e. The summed E-state index contributed by atoms with van der Waals surface area (Å²) in [4.78, 5) is 10.4. The predicted molar refractivity (Wildman–Crippen MR) is 122 cm³/mol. The summed E-state index contributed by atoms with van der Waals surface area (Å²) in [7, 11) is 0. The Morgan fingerprint density at radius 3 is 2.44 bits per heavy atom. The van der Waals surface area contributed by atoms with Crippen LogP contribution in [0.3, 0.4) is 0 Å². The molecular formula is C23H29F3N6O2. The van der Waals surface area contributed by atoms with Crippen LogP contribution in [-0.4, -0.2) is 62.5 Å². The average molecular weight is 479 g/mol. The molecule has 3 saturated heterocycles. The number of hydrogen-bond acceptors (Lipinski definition) is 8. The summed E-state index contributed by atoms with van der Waals surface area (Å²) < 4.78 is 52.3. The van der Waals surface area contributed by atoms with Crippen molar-refractivity contribution < 1.29 is 22.6 Å². The molecule has 0 amide bonds. The Labute approximate surface area is 196 Å². The number of nitrogens with one attached hydrogen (secondary N) is 3. The van der Waals surface area contributed by atoms with E-state index >= 15 is 0 Å². The van der Waals surface area contributed by atoms with Gasteiger partial charge in [0, 0.05) is 49.7 Å². The van der Waals surface area contributed by atoms with Crippen LogP contribution in [0.4, 0.5) is 30.4 Å². The molecule has 8 nitrogen and oxygen atoms in total. The summed E-state index contributed by atoms with van der Waals surface area (Å²) in [5.41, 5.74) is 1.28. The second kappa shape index (κ2) is 9.93. The lowest BCUT2D eigenvalue weighted by atomic mass is 9.97. The molecule has 6 rings (SSSR count). The maximum absolute atomic E-state index is 13.7. The minimum atomic E-state index is -4.62. The summed E-state index contributed by atoms with van der Waals surface area (Å²) in [5.74, 6) is 0.183. The maximum atomic E-state index is 13.7. The van der Waals surface area contributed by atoms with E-state index in [1.54, 1.807) is 12.3 Å². The van der Waals surface area contributed by atoms with Crippen molar-refractivity contribution in [3.8, 4) is 5.75 Å². The first-order chi connectivity index (χ1) is 16.5. The number of alkyl halides is 3. The van der Waals surface area contributed by atoms with Crippen molar-refractivity contribution in [1.29, 1.82) is 0 Å². The monoisotopic (exact) mass is 478 g/mol. The molecule has 0 radical (unpaired) electrons. The first-order valence-corrected chi connectivity index (χ1v) is 11.7. The summed E-state index contributed by atoms with van der Waals surface area (Å²) in [6.07, 6.45) is -0.180. The highest BCUT2D eigenvalue weighted by Crippen LogP contribution is 2.45.